The third kappa shape index (κ3) is 11.1. The van der Waals surface area contributed by atoms with Gasteiger partial charge in [0.15, 0.2) is 0 Å². The van der Waals surface area contributed by atoms with Crippen molar-refractivity contribution in [3.63, 3.8) is 0 Å². The Morgan fingerprint density at radius 2 is 0.963 bits per heavy atom. The van der Waals surface area contributed by atoms with Gasteiger partial charge in [-0.3, -0.25) is 29.1 Å². The van der Waals surface area contributed by atoms with Gasteiger partial charge < -0.3 is 15.3 Å². The molecule has 0 aromatic rings. The van der Waals surface area contributed by atoms with Crippen LogP contribution in [0.4, 0.5) is 0 Å². The maximum atomic E-state index is 11.1. The minimum absolute atomic E-state index is 0.0866. The molecule has 1 rings (SSSR count). The molecule has 10 nitrogen and oxygen atoms in total. The summed E-state index contributed by atoms with van der Waals surface area (Å²) in [7, 11) is 0. The van der Waals surface area contributed by atoms with Crippen molar-refractivity contribution >= 4 is 29.9 Å². The van der Waals surface area contributed by atoms with E-state index in [9.17, 15) is 14.4 Å². The summed E-state index contributed by atoms with van der Waals surface area (Å²) in [6.45, 7) is 5.87. The molecule has 3 N–H and O–H groups in total. The lowest BCUT2D eigenvalue weighted by Crippen LogP contribution is -2.47. The van der Waals surface area contributed by atoms with E-state index >= 15 is 0 Å². The van der Waals surface area contributed by atoms with Crippen LogP contribution in [0, 0.1) is 0 Å². The van der Waals surface area contributed by atoms with E-state index in [1.54, 1.807) is 16.8 Å². The fourth-order valence-electron chi connectivity index (χ4n) is 2.88. The summed E-state index contributed by atoms with van der Waals surface area (Å²) in [4.78, 5) is 38.7. The van der Waals surface area contributed by atoms with Crippen LogP contribution >= 0.6 is 11.9 Å². The number of hydrogen-bond donors (Lipinski definition) is 3. The average molecular weight is 407 g/mol. The van der Waals surface area contributed by atoms with E-state index in [0.29, 0.717) is 52.4 Å². The Kier molecular flexibility index (Phi) is 11.3. The van der Waals surface area contributed by atoms with Crippen molar-refractivity contribution in [2.24, 2.45) is 0 Å². The summed E-state index contributed by atoms with van der Waals surface area (Å²) in [5.74, 6) is -1.89. The van der Waals surface area contributed by atoms with Crippen LogP contribution in [0.25, 0.3) is 0 Å². The first-order valence-corrected chi connectivity index (χ1v) is 9.94. The zero-order valence-corrected chi connectivity index (χ0v) is 16.6. The molecule has 0 spiro atoms. The Morgan fingerprint density at radius 3 is 1.22 bits per heavy atom. The number of rotatable bonds is 8. The second-order valence-corrected chi connectivity index (χ2v) is 7.71. The van der Waals surface area contributed by atoms with Gasteiger partial charge in [0, 0.05) is 58.1 Å². The summed E-state index contributed by atoms with van der Waals surface area (Å²) < 4.78 is 2.14. The summed E-state index contributed by atoms with van der Waals surface area (Å²) >= 11 is 1.65. The van der Waals surface area contributed by atoms with Crippen LogP contribution in [0.1, 0.15) is 6.92 Å². The van der Waals surface area contributed by atoms with Gasteiger partial charge in [0.2, 0.25) is 0 Å². The van der Waals surface area contributed by atoms with Crippen LogP contribution in [0.5, 0.6) is 0 Å². The molecule has 0 aliphatic carbocycles. The zero-order valence-electron chi connectivity index (χ0n) is 15.7. The van der Waals surface area contributed by atoms with Crippen molar-refractivity contribution in [3.05, 3.63) is 0 Å². The molecule has 1 aliphatic heterocycles. The number of hydrogen-bond acceptors (Lipinski definition) is 8. The van der Waals surface area contributed by atoms with E-state index in [2.05, 4.69) is 4.31 Å². The molecule has 11 heteroatoms. The minimum atomic E-state index is -0.956. The summed E-state index contributed by atoms with van der Waals surface area (Å²) in [6, 6.07) is 0. The molecule has 0 atom stereocenters. The predicted octanol–water partition coefficient (Wildman–Crippen LogP) is -0.870. The van der Waals surface area contributed by atoms with E-state index in [0.717, 1.165) is 5.75 Å². The normalized spacial score (nSPS) is 19.9. The standard InChI is InChI=1S/C16H30N4O6S/c1-2-27-20-9-7-18(12-15(23)24)5-3-17(11-14(21)22)4-6-19(8-10-20)13-16(25)26/h2-13H2,1H3,(H,21,22)(H,23,24)(H,25,26). The quantitative estimate of drug-likeness (QED) is 0.436. The topological polar surface area (TPSA) is 125 Å². The molecule has 1 aliphatic rings. The Hall–Kier alpha value is -1.40. The van der Waals surface area contributed by atoms with Crippen LogP contribution in [-0.2, 0) is 14.4 Å². The van der Waals surface area contributed by atoms with E-state index in [4.69, 9.17) is 15.3 Å². The molecule has 0 aromatic heterocycles. The number of aliphatic carboxylic acids is 3. The van der Waals surface area contributed by atoms with Crippen LogP contribution in [0.2, 0.25) is 0 Å². The maximum absolute atomic E-state index is 11.1. The van der Waals surface area contributed by atoms with E-state index in [1.165, 1.54) is 0 Å². The van der Waals surface area contributed by atoms with Crippen molar-refractivity contribution in [2.75, 3.05) is 77.7 Å². The van der Waals surface area contributed by atoms with Gasteiger partial charge >= 0.3 is 17.9 Å². The molecule has 0 radical (unpaired) electrons. The van der Waals surface area contributed by atoms with Gasteiger partial charge in [0.1, 0.15) is 0 Å². The number of carboxylic acids is 3. The highest BCUT2D eigenvalue weighted by Gasteiger charge is 2.19. The molecule has 0 amide bonds. The Labute approximate surface area is 163 Å². The largest absolute Gasteiger partial charge is 0.480 e. The SMILES string of the molecule is CCSN1CCN(CC(=O)O)CCN(CC(=O)O)CCN(CC(=O)O)CC1. The third-order valence-corrected chi connectivity index (χ3v) is 5.17. The van der Waals surface area contributed by atoms with E-state index in [1.807, 2.05) is 16.7 Å². The zero-order chi connectivity index (χ0) is 20.2. The van der Waals surface area contributed by atoms with Crippen LogP contribution < -0.4 is 0 Å². The van der Waals surface area contributed by atoms with Gasteiger partial charge in [-0.2, -0.15) is 0 Å². The first-order valence-electron chi connectivity index (χ1n) is 9.00. The van der Waals surface area contributed by atoms with Crippen molar-refractivity contribution in [1.82, 2.24) is 19.0 Å². The molecular formula is C16H30N4O6S. The molecule has 156 valence electrons. The van der Waals surface area contributed by atoms with Crippen molar-refractivity contribution in [2.45, 2.75) is 6.92 Å². The first-order chi connectivity index (χ1) is 12.8. The predicted molar refractivity (Wildman–Crippen MR) is 102 cm³/mol. The molecule has 0 aromatic carbocycles. The lowest BCUT2D eigenvalue weighted by Gasteiger charge is -2.32. The maximum Gasteiger partial charge on any atom is 0.317 e. The monoisotopic (exact) mass is 406 g/mol. The minimum Gasteiger partial charge on any atom is -0.480 e. The second kappa shape index (κ2) is 12.9. The average Bonchev–Trinajstić information content (AvgIpc) is 2.56. The van der Waals surface area contributed by atoms with Gasteiger partial charge in [-0.1, -0.05) is 18.9 Å². The first kappa shape index (κ1) is 23.6. The van der Waals surface area contributed by atoms with Crippen LogP contribution in [0.15, 0.2) is 0 Å². The highest BCUT2D eigenvalue weighted by Crippen LogP contribution is 2.10. The van der Waals surface area contributed by atoms with Crippen molar-refractivity contribution in [1.29, 1.82) is 0 Å². The van der Waals surface area contributed by atoms with Gasteiger partial charge in [0.05, 0.1) is 19.6 Å². The Morgan fingerprint density at radius 1 is 0.667 bits per heavy atom. The highest BCUT2D eigenvalue weighted by molar-refractivity contribution is 7.96. The fourth-order valence-corrected chi connectivity index (χ4v) is 3.67. The van der Waals surface area contributed by atoms with Crippen molar-refractivity contribution in [3.8, 4) is 0 Å². The van der Waals surface area contributed by atoms with Gasteiger partial charge in [-0.25, -0.2) is 4.31 Å². The smallest absolute Gasteiger partial charge is 0.317 e. The van der Waals surface area contributed by atoms with Crippen LogP contribution in [0.3, 0.4) is 0 Å². The highest BCUT2D eigenvalue weighted by atomic mass is 32.2. The van der Waals surface area contributed by atoms with E-state index in [-0.39, 0.29) is 19.6 Å². The summed E-state index contributed by atoms with van der Waals surface area (Å²) in [5, 5.41) is 27.4. The molecule has 1 heterocycles. The lowest BCUT2D eigenvalue weighted by molar-refractivity contribution is -0.140. The number of carbonyl (C=O) groups is 3. The molecule has 27 heavy (non-hydrogen) atoms. The van der Waals surface area contributed by atoms with Gasteiger partial charge in [-0.05, 0) is 0 Å². The molecule has 1 fully saturated rings. The van der Waals surface area contributed by atoms with E-state index < -0.39 is 17.9 Å². The summed E-state index contributed by atoms with van der Waals surface area (Å²) in [5.41, 5.74) is 0. The molecule has 0 bridgehead atoms. The van der Waals surface area contributed by atoms with Gasteiger partial charge in [-0.15, -0.1) is 0 Å². The van der Waals surface area contributed by atoms with Crippen LogP contribution in [-0.4, -0.2) is 130 Å². The molecular weight excluding hydrogens is 376 g/mol. The molecule has 1 saturated heterocycles. The Balaban J connectivity index is 2.85. The van der Waals surface area contributed by atoms with Gasteiger partial charge in [0.25, 0.3) is 0 Å². The number of carboxylic acid groups (broad SMARTS) is 3. The fraction of sp³-hybridized carbons (Fsp3) is 0.812. The molecule has 0 unspecified atom stereocenters. The van der Waals surface area contributed by atoms with Crippen molar-refractivity contribution < 1.29 is 29.7 Å². The second-order valence-electron chi connectivity index (χ2n) is 6.36. The Bertz CT molecular complexity index is 464. The molecule has 0 saturated carbocycles. The third-order valence-electron chi connectivity index (χ3n) is 4.18. The summed E-state index contributed by atoms with van der Waals surface area (Å²) in [6.07, 6.45) is 0. The lowest BCUT2D eigenvalue weighted by atomic mass is 10.3. The number of nitrogens with zero attached hydrogens (tertiary/aromatic N) is 4.